The van der Waals surface area contributed by atoms with Gasteiger partial charge in [0.05, 0.1) is 6.54 Å². The Kier molecular flexibility index (Phi) is 5.77. The maximum Gasteiger partial charge on any atom is 0.233 e. The first-order valence-corrected chi connectivity index (χ1v) is 6.21. The van der Waals surface area contributed by atoms with Crippen molar-refractivity contribution in [3.8, 4) is 0 Å². The number of amides is 1. The zero-order valence-electron chi connectivity index (χ0n) is 10.5. The molecule has 0 radical (unpaired) electrons. The van der Waals surface area contributed by atoms with Gasteiger partial charge < -0.3 is 15.4 Å². The molecule has 0 saturated heterocycles. The highest BCUT2D eigenvalue weighted by molar-refractivity contribution is 5.77. The summed E-state index contributed by atoms with van der Waals surface area (Å²) in [6, 6.07) is 0. The molecule has 4 nitrogen and oxygen atoms in total. The third-order valence-electron chi connectivity index (χ3n) is 3.39. The first kappa shape index (κ1) is 13.5. The van der Waals surface area contributed by atoms with Crippen molar-refractivity contribution in [3.63, 3.8) is 0 Å². The van der Waals surface area contributed by atoms with Crippen molar-refractivity contribution >= 4 is 5.91 Å². The summed E-state index contributed by atoms with van der Waals surface area (Å²) in [6.45, 7) is 4.82. The monoisotopic (exact) mass is 228 g/mol. The van der Waals surface area contributed by atoms with Crippen LogP contribution in [0.25, 0.3) is 0 Å². The minimum atomic E-state index is 0.0881. The second kappa shape index (κ2) is 6.86. The van der Waals surface area contributed by atoms with Crippen LogP contribution in [0.1, 0.15) is 32.6 Å². The van der Waals surface area contributed by atoms with E-state index in [9.17, 15) is 4.79 Å². The van der Waals surface area contributed by atoms with E-state index in [2.05, 4.69) is 10.6 Å². The average molecular weight is 228 g/mol. The number of carbonyl (C=O) groups excluding carboxylic acids is 1. The van der Waals surface area contributed by atoms with Crippen molar-refractivity contribution in [1.29, 1.82) is 0 Å². The minimum absolute atomic E-state index is 0.0881. The molecular formula is C12H24N2O2. The van der Waals surface area contributed by atoms with Gasteiger partial charge in [-0.1, -0.05) is 6.42 Å². The van der Waals surface area contributed by atoms with Crippen LogP contribution in [0.15, 0.2) is 0 Å². The smallest absolute Gasteiger partial charge is 0.233 e. The fourth-order valence-electron chi connectivity index (χ4n) is 2.13. The normalized spacial score (nSPS) is 17.9. The number of rotatable bonds is 8. The lowest BCUT2D eigenvalue weighted by atomic mass is 9.67. The first-order chi connectivity index (χ1) is 7.72. The number of ether oxygens (including phenoxy) is 1. The van der Waals surface area contributed by atoms with Gasteiger partial charge in [-0.15, -0.1) is 0 Å². The molecule has 94 valence electrons. The zero-order chi connectivity index (χ0) is 11.9. The summed E-state index contributed by atoms with van der Waals surface area (Å²) >= 11 is 0. The highest BCUT2D eigenvalue weighted by Crippen LogP contribution is 2.43. The molecule has 0 heterocycles. The molecular weight excluding hydrogens is 204 g/mol. The molecule has 1 saturated carbocycles. The Labute approximate surface area is 98.1 Å². The van der Waals surface area contributed by atoms with E-state index in [1.165, 1.54) is 19.3 Å². The van der Waals surface area contributed by atoms with Gasteiger partial charge in [0.15, 0.2) is 0 Å². The number of nitrogens with one attached hydrogen (secondary N) is 2. The Morgan fingerprint density at radius 2 is 2.19 bits per heavy atom. The van der Waals surface area contributed by atoms with E-state index in [0.29, 0.717) is 12.0 Å². The molecule has 1 amide bonds. The summed E-state index contributed by atoms with van der Waals surface area (Å²) in [4.78, 5) is 11.4. The number of carbonyl (C=O) groups is 1. The van der Waals surface area contributed by atoms with Crippen molar-refractivity contribution in [2.24, 2.45) is 5.41 Å². The van der Waals surface area contributed by atoms with Gasteiger partial charge in [0.25, 0.3) is 0 Å². The highest BCUT2D eigenvalue weighted by atomic mass is 16.5. The molecule has 1 aliphatic carbocycles. The first-order valence-electron chi connectivity index (χ1n) is 6.21. The predicted molar refractivity (Wildman–Crippen MR) is 64.3 cm³/mol. The molecule has 0 aromatic heterocycles. The number of likely N-dealkylation sites (N-methyl/N-ethyl adjacent to an activating group) is 1. The van der Waals surface area contributed by atoms with Crippen LogP contribution < -0.4 is 10.6 Å². The largest absolute Gasteiger partial charge is 0.382 e. The van der Waals surface area contributed by atoms with Crippen molar-refractivity contribution in [3.05, 3.63) is 0 Å². The minimum Gasteiger partial charge on any atom is -0.382 e. The Hall–Kier alpha value is -0.610. The number of hydrogen-bond acceptors (Lipinski definition) is 3. The molecule has 0 aromatic carbocycles. The van der Waals surface area contributed by atoms with Crippen molar-refractivity contribution in [2.45, 2.75) is 32.6 Å². The van der Waals surface area contributed by atoms with Crippen LogP contribution in [-0.4, -0.2) is 39.3 Å². The van der Waals surface area contributed by atoms with Gasteiger partial charge in [-0.2, -0.15) is 0 Å². The van der Waals surface area contributed by atoms with Gasteiger partial charge in [0.2, 0.25) is 5.91 Å². The summed E-state index contributed by atoms with van der Waals surface area (Å²) in [5.41, 5.74) is 0.318. The molecule has 1 aliphatic rings. The summed E-state index contributed by atoms with van der Waals surface area (Å²) in [5, 5.41) is 5.85. The Morgan fingerprint density at radius 3 is 2.69 bits per heavy atom. The van der Waals surface area contributed by atoms with Gasteiger partial charge in [-0.25, -0.2) is 0 Å². The van der Waals surface area contributed by atoms with Crippen molar-refractivity contribution in [2.75, 3.05) is 33.4 Å². The van der Waals surface area contributed by atoms with Gasteiger partial charge in [-0.05, 0) is 38.6 Å². The average Bonchev–Trinajstić information content (AvgIpc) is 2.21. The van der Waals surface area contributed by atoms with E-state index in [4.69, 9.17) is 4.74 Å². The van der Waals surface area contributed by atoms with Gasteiger partial charge >= 0.3 is 0 Å². The summed E-state index contributed by atoms with van der Waals surface area (Å²) < 4.78 is 5.39. The summed E-state index contributed by atoms with van der Waals surface area (Å²) in [7, 11) is 1.79. The van der Waals surface area contributed by atoms with Crippen molar-refractivity contribution in [1.82, 2.24) is 10.6 Å². The lowest BCUT2D eigenvalue weighted by Gasteiger charge is -2.42. The highest BCUT2D eigenvalue weighted by Gasteiger charge is 2.36. The molecule has 1 rings (SSSR count). The molecule has 1 fully saturated rings. The van der Waals surface area contributed by atoms with Crippen LogP contribution in [0.2, 0.25) is 0 Å². The Morgan fingerprint density at radius 1 is 1.44 bits per heavy atom. The Bertz CT molecular complexity index is 215. The fraction of sp³-hybridized carbons (Fsp3) is 0.917. The van der Waals surface area contributed by atoms with E-state index >= 15 is 0 Å². The molecule has 0 atom stereocenters. The van der Waals surface area contributed by atoms with Crippen LogP contribution in [0.4, 0.5) is 0 Å². The lowest BCUT2D eigenvalue weighted by Crippen LogP contribution is -2.44. The maximum atomic E-state index is 11.4. The van der Waals surface area contributed by atoms with Crippen molar-refractivity contribution < 1.29 is 9.53 Å². The predicted octanol–water partition coefficient (Wildman–Crippen LogP) is 0.919. The van der Waals surface area contributed by atoms with Gasteiger partial charge in [0.1, 0.15) is 0 Å². The van der Waals surface area contributed by atoms with E-state index in [1.54, 1.807) is 7.05 Å². The third kappa shape index (κ3) is 4.10. The molecule has 16 heavy (non-hydrogen) atoms. The second-order valence-corrected chi connectivity index (χ2v) is 4.61. The van der Waals surface area contributed by atoms with Crippen LogP contribution in [0.3, 0.4) is 0 Å². The lowest BCUT2D eigenvalue weighted by molar-refractivity contribution is -0.121. The molecule has 4 heteroatoms. The summed E-state index contributed by atoms with van der Waals surface area (Å²) in [6.07, 6.45) is 4.80. The zero-order valence-corrected chi connectivity index (χ0v) is 10.5. The van der Waals surface area contributed by atoms with E-state index in [0.717, 1.165) is 26.2 Å². The molecule has 0 aromatic rings. The van der Waals surface area contributed by atoms with Crippen LogP contribution in [0.5, 0.6) is 0 Å². The summed E-state index contributed by atoms with van der Waals surface area (Å²) in [5.74, 6) is 0.0881. The van der Waals surface area contributed by atoms with Crippen LogP contribution in [0, 0.1) is 5.41 Å². The fourth-order valence-corrected chi connectivity index (χ4v) is 2.13. The van der Waals surface area contributed by atoms with E-state index < -0.39 is 0 Å². The molecule has 0 aliphatic heterocycles. The molecule has 0 unspecified atom stereocenters. The molecule has 0 bridgehead atoms. The molecule has 0 spiro atoms. The van der Waals surface area contributed by atoms with E-state index in [-0.39, 0.29) is 5.91 Å². The SMILES string of the molecule is CCOCCC1(CNC(=O)CNC)CCC1. The van der Waals surface area contributed by atoms with Gasteiger partial charge in [-0.3, -0.25) is 4.79 Å². The standard InChI is InChI=1S/C12H24N2O2/c1-3-16-8-7-12(5-4-6-12)10-14-11(15)9-13-2/h13H,3-10H2,1-2H3,(H,14,15). The Balaban J connectivity index is 2.22. The second-order valence-electron chi connectivity index (χ2n) is 4.61. The third-order valence-corrected chi connectivity index (χ3v) is 3.39. The maximum absolute atomic E-state index is 11.4. The van der Waals surface area contributed by atoms with Gasteiger partial charge in [0, 0.05) is 19.8 Å². The van der Waals surface area contributed by atoms with E-state index in [1.807, 2.05) is 6.92 Å². The van der Waals surface area contributed by atoms with Crippen LogP contribution in [-0.2, 0) is 9.53 Å². The number of hydrogen-bond donors (Lipinski definition) is 2. The topological polar surface area (TPSA) is 50.4 Å². The molecule has 2 N–H and O–H groups in total. The van der Waals surface area contributed by atoms with Crippen LogP contribution >= 0.6 is 0 Å². The quantitative estimate of drug-likeness (QED) is 0.607.